The van der Waals surface area contributed by atoms with Gasteiger partial charge in [-0.05, 0) is 38.8 Å². The normalized spacial score (nSPS) is 18.4. The Kier molecular flexibility index (Phi) is 5.80. The fourth-order valence-electron chi connectivity index (χ4n) is 3.07. The Morgan fingerprint density at radius 3 is 2.71 bits per heavy atom. The molecule has 1 saturated heterocycles. The third-order valence-corrected chi connectivity index (χ3v) is 6.47. The van der Waals surface area contributed by atoms with Crippen LogP contribution in [0.4, 0.5) is 14.5 Å². The van der Waals surface area contributed by atoms with E-state index in [-0.39, 0.29) is 29.8 Å². The first kappa shape index (κ1) is 20.4. The molecule has 2 aromatic rings. The number of hydrogen-bond acceptors (Lipinski definition) is 4. The molecule has 0 aliphatic carbocycles. The van der Waals surface area contributed by atoms with Crippen LogP contribution in [-0.4, -0.2) is 41.3 Å². The van der Waals surface area contributed by atoms with E-state index in [2.05, 4.69) is 10.3 Å². The van der Waals surface area contributed by atoms with Crippen LogP contribution in [0.2, 0.25) is 0 Å². The maximum Gasteiger partial charge on any atom is 0.262 e. The molecule has 3 rings (SSSR count). The average molecular weight is 412 g/mol. The lowest BCUT2D eigenvalue weighted by molar-refractivity contribution is -0.120. The van der Waals surface area contributed by atoms with Crippen molar-refractivity contribution in [1.82, 2.24) is 13.9 Å². The molecule has 1 aromatic carbocycles. The second kappa shape index (κ2) is 7.96. The fraction of sp³-hybridized carbons (Fsp3) is 0.444. The molecule has 0 unspecified atom stereocenters. The molecule has 0 radical (unpaired) electrons. The van der Waals surface area contributed by atoms with Crippen molar-refractivity contribution in [3.05, 3.63) is 42.4 Å². The summed E-state index contributed by atoms with van der Waals surface area (Å²) < 4.78 is 55.4. The number of carbonyl (C=O) groups excluding carboxylic acids is 1. The van der Waals surface area contributed by atoms with E-state index >= 15 is 0 Å². The second-order valence-electron chi connectivity index (χ2n) is 7.07. The minimum Gasteiger partial charge on any atom is -0.334 e. The van der Waals surface area contributed by atoms with Gasteiger partial charge in [-0.15, -0.1) is 0 Å². The standard InChI is InChI=1S/C18H22F2N4O3S/c1-12(2)23-10-17(21-11-23)28(26,27)24-7-3-4-13(9-24)18(25)22-16-6-5-14(19)8-15(16)20/h5-6,8,10-13H,3-4,7,9H2,1-2H3,(H,22,25)/t13-/m0/s1. The zero-order chi connectivity index (χ0) is 20.5. The number of hydrogen-bond donors (Lipinski definition) is 1. The van der Waals surface area contributed by atoms with Crippen molar-refractivity contribution < 1.29 is 22.0 Å². The topological polar surface area (TPSA) is 84.3 Å². The molecule has 10 heteroatoms. The van der Waals surface area contributed by atoms with E-state index in [4.69, 9.17) is 0 Å². The smallest absolute Gasteiger partial charge is 0.262 e. The molecule has 28 heavy (non-hydrogen) atoms. The SMILES string of the molecule is CC(C)n1cnc(S(=O)(=O)N2CCC[C@H](C(=O)Nc3ccc(F)cc3F)C2)c1. The van der Waals surface area contributed by atoms with Gasteiger partial charge in [-0.2, -0.15) is 4.31 Å². The van der Waals surface area contributed by atoms with Gasteiger partial charge in [-0.25, -0.2) is 22.2 Å². The highest BCUT2D eigenvalue weighted by molar-refractivity contribution is 7.89. The van der Waals surface area contributed by atoms with Gasteiger partial charge >= 0.3 is 0 Å². The molecule has 1 aromatic heterocycles. The van der Waals surface area contributed by atoms with Crippen LogP contribution in [0.25, 0.3) is 0 Å². The number of sulfonamides is 1. The van der Waals surface area contributed by atoms with Crippen LogP contribution in [0.15, 0.2) is 35.7 Å². The first-order valence-electron chi connectivity index (χ1n) is 8.98. The summed E-state index contributed by atoms with van der Waals surface area (Å²) in [6.45, 7) is 4.08. The average Bonchev–Trinajstić information content (AvgIpc) is 3.15. The van der Waals surface area contributed by atoms with Crippen LogP contribution in [0.1, 0.15) is 32.7 Å². The van der Waals surface area contributed by atoms with Crippen molar-refractivity contribution in [2.45, 2.75) is 37.8 Å². The third kappa shape index (κ3) is 4.22. The van der Waals surface area contributed by atoms with Crippen molar-refractivity contribution in [3.63, 3.8) is 0 Å². The Morgan fingerprint density at radius 2 is 2.07 bits per heavy atom. The molecule has 2 heterocycles. The molecule has 1 fully saturated rings. The van der Waals surface area contributed by atoms with Gasteiger partial charge < -0.3 is 9.88 Å². The summed E-state index contributed by atoms with van der Waals surface area (Å²) in [5.74, 6) is -2.77. The van der Waals surface area contributed by atoms with E-state index < -0.39 is 33.5 Å². The number of halogens is 2. The Bertz CT molecular complexity index is 975. The monoisotopic (exact) mass is 412 g/mol. The molecule has 1 aliphatic rings. The second-order valence-corrected chi connectivity index (χ2v) is 8.95. The van der Waals surface area contributed by atoms with Gasteiger partial charge in [0, 0.05) is 31.4 Å². The molecule has 1 N–H and O–H groups in total. The number of anilines is 1. The molecule has 0 spiro atoms. The largest absolute Gasteiger partial charge is 0.334 e. The molecule has 7 nitrogen and oxygen atoms in total. The zero-order valence-electron chi connectivity index (χ0n) is 15.6. The van der Waals surface area contributed by atoms with E-state index in [0.717, 1.165) is 12.1 Å². The maximum absolute atomic E-state index is 13.8. The summed E-state index contributed by atoms with van der Waals surface area (Å²) in [5.41, 5.74) is -0.137. The number of nitrogens with zero attached hydrogens (tertiary/aromatic N) is 3. The molecular weight excluding hydrogens is 390 g/mol. The van der Waals surface area contributed by atoms with E-state index in [0.29, 0.717) is 18.9 Å². The summed E-state index contributed by atoms with van der Waals surface area (Å²) in [5, 5.41) is 2.35. The Hall–Kier alpha value is -2.33. The third-order valence-electron chi connectivity index (χ3n) is 4.72. The van der Waals surface area contributed by atoms with Crippen molar-refractivity contribution in [3.8, 4) is 0 Å². The molecule has 1 atom stereocenters. The quantitative estimate of drug-likeness (QED) is 0.819. The van der Waals surface area contributed by atoms with E-state index in [1.807, 2.05) is 13.8 Å². The predicted molar refractivity (Wildman–Crippen MR) is 99.1 cm³/mol. The number of nitrogens with one attached hydrogen (secondary N) is 1. The van der Waals surface area contributed by atoms with E-state index in [1.165, 1.54) is 16.8 Å². The Morgan fingerprint density at radius 1 is 1.32 bits per heavy atom. The van der Waals surface area contributed by atoms with Crippen LogP contribution in [0.5, 0.6) is 0 Å². The number of amides is 1. The highest BCUT2D eigenvalue weighted by Crippen LogP contribution is 2.25. The first-order valence-corrected chi connectivity index (χ1v) is 10.4. The summed E-state index contributed by atoms with van der Waals surface area (Å²) in [7, 11) is -3.83. The molecule has 1 aliphatic heterocycles. The Balaban J connectivity index is 1.72. The summed E-state index contributed by atoms with van der Waals surface area (Å²) in [4.78, 5) is 16.5. The Labute approximate surface area is 162 Å². The maximum atomic E-state index is 13.8. The van der Waals surface area contributed by atoms with Gasteiger partial charge in [0.25, 0.3) is 10.0 Å². The van der Waals surface area contributed by atoms with Crippen LogP contribution < -0.4 is 5.32 Å². The highest BCUT2D eigenvalue weighted by atomic mass is 32.2. The minimum atomic E-state index is -3.83. The summed E-state index contributed by atoms with van der Waals surface area (Å²) in [6.07, 6.45) is 3.90. The van der Waals surface area contributed by atoms with Gasteiger partial charge in [-0.3, -0.25) is 4.79 Å². The van der Waals surface area contributed by atoms with E-state index in [9.17, 15) is 22.0 Å². The number of aromatic nitrogens is 2. The highest BCUT2D eigenvalue weighted by Gasteiger charge is 2.34. The lowest BCUT2D eigenvalue weighted by Gasteiger charge is -2.30. The predicted octanol–water partition coefficient (Wildman–Crippen LogP) is 2.78. The van der Waals surface area contributed by atoms with Crippen molar-refractivity contribution in [2.75, 3.05) is 18.4 Å². The molecule has 0 bridgehead atoms. The van der Waals surface area contributed by atoms with Crippen LogP contribution in [0.3, 0.4) is 0 Å². The fourth-order valence-corrected chi connectivity index (χ4v) is 4.51. The van der Waals surface area contributed by atoms with Crippen LogP contribution in [-0.2, 0) is 14.8 Å². The molecule has 0 saturated carbocycles. The number of piperidine rings is 1. The lowest BCUT2D eigenvalue weighted by atomic mass is 9.98. The van der Waals surface area contributed by atoms with Gasteiger partial charge in [0.15, 0.2) is 5.03 Å². The zero-order valence-corrected chi connectivity index (χ0v) is 16.4. The van der Waals surface area contributed by atoms with Gasteiger partial charge in [0.05, 0.1) is 17.9 Å². The number of carbonyl (C=O) groups is 1. The molecular formula is C18H22F2N4O3S. The van der Waals surface area contributed by atoms with E-state index in [1.54, 1.807) is 4.57 Å². The summed E-state index contributed by atoms with van der Waals surface area (Å²) >= 11 is 0. The minimum absolute atomic E-state index is 0.0223. The van der Waals surface area contributed by atoms with Crippen molar-refractivity contribution >= 4 is 21.6 Å². The number of rotatable bonds is 5. The van der Waals surface area contributed by atoms with Crippen molar-refractivity contribution in [2.24, 2.45) is 5.92 Å². The molecule has 152 valence electrons. The van der Waals surface area contributed by atoms with Crippen LogP contribution >= 0.6 is 0 Å². The first-order chi connectivity index (χ1) is 13.2. The van der Waals surface area contributed by atoms with Gasteiger partial charge in [-0.1, -0.05) is 0 Å². The van der Waals surface area contributed by atoms with Gasteiger partial charge in [0.2, 0.25) is 5.91 Å². The van der Waals surface area contributed by atoms with Crippen LogP contribution in [0, 0.1) is 17.6 Å². The van der Waals surface area contributed by atoms with Gasteiger partial charge in [0.1, 0.15) is 11.6 Å². The number of benzene rings is 1. The molecule has 1 amide bonds. The van der Waals surface area contributed by atoms with Crippen molar-refractivity contribution in [1.29, 1.82) is 0 Å². The number of imidazole rings is 1. The lowest BCUT2D eigenvalue weighted by Crippen LogP contribution is -2.43. The summed E-state index contributed by atoms with van der Waals surface area (Å²) in [6, 6.07) is 2.93.